The summed E-state index contributed by atoms with van der Waals surface area (Å²) in [6, 6.07) is 2.53. The lowest BCUT2D eigenvalue weighted by atomic mass is 9.73. The first-order valence-electron chi connectivity index (χ1n) is 8.23. The van der Waals surface area contributed by atoms with Gasteiger partial charge >= 0.3 is 6.03 Å². The molecule has 2 fully saturated rings. The van der Waals surface area contributed by atoms with Crippen LogP contribution in [0.25, 0.3) is 0 Å². The fourth-order valence-corrected chi connectivity index (χ4v) is 3.58. The number of nitrogens with zero attached hydrogens (tertiary/aromatic N) is 1. The molecule has 0 bridgehead atoms. The molecule has 6 nitrogen and oxygen atoms in total. The molecule has 2 atom stereocenters. The van der Waals surface area contributed by atoms with Gasteiger partial charge in [-0.1, -0.05) is 25.8 Å². The number of urea groups is 1. The van der Waals surface area contributed by atoms with E-state index in [1.54, 1.807) is 0 Å². The van der Waals surface area contributed by atoms with Crippen LogP contribution >= 0.6 is 0 Å². The van der Waals surface area contributed by atoms with Gasteiger partial charge in [-0.3, -0.25) is 14.5 Å². The molecule has 0 aromatic heterocycles. The van der Waals surface area contributed by atoms with Crippen LogP contribution in [-0.2, 0) is 9.59 Å². The van der Waals surface area contributed by atoms with Crippen molar-refractivity contribution in [3.05, 3.63) is 29.8 Å². The maximum atomic E-state index is 13.6. The maximum Gasteiger partial charge on any atom is 0.325 e. The Morgan fingerprint density at radius 2 is 2.00 bits per heavy atom. The second-order valence-electron chi connectivity index (χ2n) is 6.58. The molecule has 8 heteroatoms. The number of halogens is 2. The number of amides is 4. The number of carbonyl (C=O) groups excluding carboxylic acids is 3. The van der Waals surface area contributed by atoms with Crippen molar-refractivity contribution >= 4 is 23.5 Å². The molecular weight excluding hydrogens is 332 g/mol. The van der Waals surface area contributed by atoms with Crippen LogP contribution in [-0.4, -0.2) is 34.8 Å². The molecule has 0 unspecified atom stereocenters. The summed E-state index contributed by atoms with van der Waals surface area (Å²) in [5.41, 5.74) is -1.57. The minimum absolute atomic E-state index is 0.0326. The average Bonchev–Trinajstić information content (AvgIpc) is 2.79. The van der Waals surface area contributed by atoms with Gasteiger partial charge in [0.2, 0.25) is 5.91 Å². The summed E-state index contributed by atoms with van der Waals surface area (Å²) in [5.74, 6) is -3.18. The van der Waals surface area contributed by atoms with E-state index in [2.05, 4.69) is 10.6 Å². The minimum atomic E-state index is -0.973. The maximum absolute atomic E-state index is 13.6. The van der Waals surface area contributed by atoms with Crippen molar-refractivity contribution in [2.75, 3.05) is 11.9 Å². The Kier molecular flexibility index (Phi) is 4.45. The highest BCUT2D eigenvalue weighted by molar-refractivity contribution is 6.10. The Hall–Kier alpha value is -2.51. The van der Waals surface area contributed by atoms with Crippen LogP contribution in [0.5, 0.6) is 0 Å². The molecule has 25 heavy (non-hydrogen) atoms. The topological polar surface area (TPSA) is 78.5 Å². The summed E-state index contributed by atoms with van der Waals surface area (Å²) in [4.78, 5) is 37.8. The van der Waals surface area contributed by atoms with E-state index < -0.39 is 47.3 Å². The van der Waals surface area contributed by atoms with E-state index in [0.717, 1.165) is 36.3 Å². The SMILES string of the molecule is C[C@@H]1CCCC[C@@]12NC(=O)N(CC(=O)Nc1c(F)cccc1F)C2=O. The Balaban J connectivity index is 1.73. The molecular formula is C17H19F2N3O3. The van der Waals surface area contributed by atoms with Crippen molar-refractivity contribution in [1.29, 1.82) is 0 Å². The third-order valence-corrected chi connectivity index (χ3v) is 5.03. The molecule has 2 N–H and O–H groups in total. The van der Waals surface area contributed by atoms with Gasteiger partial charge in [-0.15, -0.1) is 0 Å². The average molecular weight is 351 g/mol. The van der Waals surface area contributed by atoms with Gasteiger partial charge < -0.3 is 10.6 Å². The number of benzene rings is 1. The summed E-state index contributed by atoms with van der Waals surface area (Å²) < 4.78 is 27.2. The van der Waals surface area contributed by atoms with E-state index in [1.807, 2.05) is 6.92 Å². The third kappa shape index (κ3) is 2.96. The number of rotatable bonds is 3. The molecule has 1 aromatic carbocycles. The second-order valence-corrected chi connectivity index (χ2v) is 6.58. The summed E-state index contributed by atoms with van der Waals surface area (Å²) in [7, 11) is 0. The van der Waals surface area contributed by atoms with Gasteiger partial charge in [0.15, 0.2) is 0 Å². The molecule has 1 spiro atoms. The lowest BCUT2D eigenvalue weighted by Gasteiger charge is -2.36. The fourth-order valence-electron chi connectivity index (χ4n) is 3.58. The van der Waals surface area contributed by atoms with E-state index in [0.29, 0.717) is 6.42 Å². The van der Waals surface area contributed by atoms with E-state index in [9.17, 15) is 23.2 Å². The zero-order valence-electron chi connectivity index (χ0n) is 13.8. The third-order valence-electron chi connectivity index (χ3n) is 5.03. The Morgan fingerprint density at radius 3 is 2.64 bits per heavy atom. The minimum Gasteiger partial charge on any atom is -0.323 e. The molecule has 1 aliphatic carbocycles. The van der Waals surface area contributed by atoms with E-state index in [-0.39, 0.29) is 5.92 Å². The number of para-hydroxylation sites is 1. The highest BCUT2D eigenvalue weighted by Crippen LogP contribution is 2.38. The fraction of sp³-hybridized carbons (Fsp3) is 0.471. The standard InChI is InChI=1S/C17H19F2N3O3/c1-10-5-2-3-8-17(10)15(24)22(16(25)21-17)9-13(23)20-14-11(18)6-4-7-12(14)19/h4,6-7,10H,2-3,5,8-9H2,1H3,(H,20,23)(H,21,25)/t10-,17-/m1/s1. The van der Waals surface area contributed by atoms with Crippen molar-refractivity contribution in [3.8, 4) is 0 Å². The van der Waals surface area contributed by atoms with E-state index in [4.69, 9.17) is 0 Å². The van der Waals surface area contributed by atoms with Crippen molar-refractivity contribution in [2.24, 2.45) is 5.92 Å². The van der Waals surface area contributed by atoms with Gasteiger partial charge in [-0.05, 0) is 30.9 Å². The summed E-state index contributed by atoms with van der Waals surface area (Å²) in [6.45, 7) is 1.31. The number of nitrogens with one attached hydrogen (secondary N) is 2. The largest absolute Gasteiger partial charge is 0.325 e. The highest BCUT2D eigenvalue weighted by atomic mass is 19.1. The number of hydrogen-bond donors (Lipinski definition) is 2. The van der Waals surface area contributed by atoms with Crippen molar-refractivity contribution in [1.82, 2.24) is 10.2 Å². The monoisotopic (exact) mass is 351 g/mol. The lowest BCUT2D eigenvalue weighted by Crippen LogP contribution is -2.54. The number of anilines is 1. The predicted molar refractivity (Wildman–Crippen MR) is 85.6 cm³/mol. The van der Waals surface area contributed by atoms with Crippen LogP contribution in [0.15, 0.2) is 18.2 Å². The molecule has 134 valence electrons. The van der Waals surface area contributed by atoms with Crippen LogP contribution in [0.4, 0.5) is 19.3 Å². The van der Waals surface area contributed by atoms with Crippen LogP contribution in [0, 0.1) is 17.6 Å². The molecule has 1 saturated heterocycles. The Bertz CT molecular complexity index is 720. The Labute approximate surface area is 143 Å². The summed E-state index contributed by atoms with van der Waals surface area (Å²) in [5, 5.41) is 4.81. The molecule has 1 aromatic rings. The molecule has 1 heterocycles. The highest BCUT2D eigenvalue weighted by Gasteiger charge is 2.55. The summed E-state index contributed by atoms with van der Waals surface area (Å²) >= 11 is 0. The molecule has 3 rings (SSSR count). The van der Waals surface area contributed by atoms with Crippen LogP contribution in [0.2, 0.25) is 0 Å². The molecule has 1 saturated carbocycles. The zero-order chi connectivity index (χ0) is 18.2. The first-order valence-corrected chi connectivity index (χ1v) is 8.23. The number of hydrogen-bond acceptors (Lipinski definition) is 3. The van der Waals surface area contributed by atoms with Gasteiger partial charge in [0.05, 0.1) is 0 Å². The predicted octanol–water partition coefficient (Wildman–Crippen LogP) is 2.40. The van der Waals surface area contributed by atoms with Crippen LogP contribution < -0.4 is 10.6 Å². The lowest BCUT2D eigenvalue weighted by molar-refractivity contribution is -0.136. The smallest absolute Gasteiger partial charge is 0.323 e. The quantitative estimate of drug-likeness (QED) is 0.821. The normalized spacial score (nSPS) is 26.0. The van der Waals surface area contributed by atoms with Gasteiger partial charge in [0.1, 0.15) is 29.4 Å². The molecule has 2 aliphatic rings. The van der Waals surface area contributed by atoms with E-state index >= 15 is 0 Å². The van der Waals surface area contributed by atoms with Crippen molar-refractivity contribution < 1.29 is 23.2 Å². The first-order chi connectivity index (χ1) is 11.8. The Morgan fingerprint density at radius 1 is 1.32 bits per heavy atom. The molecule has 1 aliphatic heterocycles. The van der Waals surface area contributed by atoms with Crippen LogP contribution in [0.3, 0.4) is 0 Å². The van der Waals surface area contributed by atoms with Gasteiger partial charge in [0.25, 0.3) is 5.91 Å². The van der Waals surface area contributed by atoms with E-state index in [1.165, 1.54) is 6.07 Å². The van der Waals surface area contributed by atoms with Gasteiger partial charge in [-0.2, -0.15) is 0 Å². The number of imide groups is 1. The summed E-state index contributed by atoms with van der Waals surface area (Å²) in [6.07, 6.45) is 3.14. The molecule has 4 amide bonds. The van der Waals surface area contributed by atoms with Crippen molar-refractivity contribution in [3.63, 3.8) is 0 Å². The molecule has 0 radical (unpaired) electrons. The van der Waals surface area contributed by atoms with Crippen LogP contribution in [0.1, 0.15) is 32.6 Å². The van der Waals surface area contributed by atoms with Gasteiger partial charge in [0, 0.05) is 0 Å². The van der Waals surface area contributed by atoms with Gasteiger partial charge in [-0.25, -0.2) is 13.6 Å². The first kappa shape index (κ1) is 17.3. The van der Waals surface area contributed by atoms with Crippen molar-refractivity contribution in [2.45, 2.75) is 38.1 Å². The second kappa shape index (κ2) is 6.42. The zero-order valence-corrected chi connectivity index (χ0v) is 13.8. The number of carbonyl (C=O) groups is 3.